The van der Waals surface area contributed by atoms with Gasteiger partial charge in [0, 0.05) is 17.6 Å². The number of carbonyl (C=O) groups excluding carboxylic acids is 1. The number of oxime groups is 1. The maximum atomic E-state index is 12.6. The Hall–Kier alpha value is -1.16. The van der Waals surface area contributed by atoms with Gasteiger partial charge in [-0.05, 0) is 79.0 Å². The summed E-state index contributed by atoms with van der Waals surface area (Å²) in [5.41, 5.74) is 0.544. The molecule has 1 spiro atoms. The predicted molar refractivity (Wildman–Crippen MR) is 147 cm³/mol. The van der Waals surface area contributed by atoms with E-state index in [2.05, 4.69) is 79.5 Å². The van der Waals surface area contributed by atoms with Crippen LogP contribution in [0.2, 0.25) is 0 Å². The Morgan fingerprint density at radius 3 is 2.64 bits per heavy atom. The molecule has 4 N–H and O–H groups in total. The SMILES string of the molecule is CNC[C@H](O)c1cc(Br)c(OCCCNC(=O)C2=NO[C@@]3(CC(Br)=C(OC)C(Br)=CO3)[C@H]2O)c(Br)c1. The van der Waals surface area contributed by atoms with Gasteiger partial charge in [0.25, 0.3) is 5.91 Å². The van der Waals surface area contributed by atoms with Crippen LogP contribution >= 0.6 is 63.7 Å². The van der Waals surface area contributed by atoms with Crippen molar-refractivity contribution in [3.63, 3.8) is 0 Å². The van der Waals surface area contributed by atoms with Crippen molar-refractivity contribution in [2.45, 2.75) is 30.8 Å². The molecule has 0 bridgehead atoms. The number of aliphatic hydroxyl groups excluding tert-OH is 2. The molecule has 0 aromatic heterocycles. The number of rotatable bonds is 10. The normalized spacial score (nSPS) is 22.3. The van der Waals surface area contributed by atoms with E-state index in [0.717, 1.165) is 5.56 Å². The van der Waals surface area contributed by atoms with Crippen molar-refractivity contribution < 1.29 is 34.1 Å². The summed E-state index contributed by atoms with van der Waals surface area (Å²) in [5, 5.41) is 30.4. The molecular formula is C22H25Br4N3O7. The zero-order valence-electron chi connectivity index (χ0n) is 19.3. The van der Waals surface area contributed by atoms with Crippen molar-refractivity contribution in [3.8, 4) is 5.75 Å². The van der Waals surface area contributed by atoms with Gasteiger partial charge in [0.2, 0.25) is 0 Å². The van der Waals surface area contributed by atoms with Gasteiger partial charge in [-0.3, -0.25) is 4.79 Å². The van der Waals surface area contributed by atoms with E-state index < -0.39 is 23.9 Å². The first-order chi connectivity index (χ1) is 17.1. The van der Waals surface area contributed by atoms with Crippen molar-refractivity contribution in [1.29, 1.82) is 0 Å². The van der Waals surface area contributed by atoms with Gasteiger partial charge in [-0.25, -0.2) is 0 Å². The number of carbonyl (C=O) groups is 1. The fraction of sp³-hybridized carbons (Fsp3) is 0.455. The number of halogens is 4. The highest BCUT2D eigenvalue weighted by molar-refractivity contribution is 9.12. The number of ether oxygens (including phenoxy) is 3. The monoisotopic (exact) mass is 759 g/mol. The van der Waals surface area contributed by atoms with Gasteiger partial charge in [0.1, 0.15) is 17.8 Å². The minimum atomic E-state index is -1.60. The molecule has 36 heavy (non-hydrogen) atoms. The number of methoxy groups -OCH3 is 1. The van der Waals surface area contributed by atoms with Gasteiger partial charge in [-0.15, -0.1) is 0 Å². The van der Waals surface area contributed by atoms with Gasteiger partial charge >= 0.3 is 5.79 Å². The second-order valence-electron chi connectivity index (χ2n) is 7.83. The quantitative estimate of drug-likeness (QED) is 0.266. The van der Waals surface area contributed by atoms with Crippen molar-refractivity contribution >= 4 is 75.3 Å². The summed E-state index contributed by atoms with van der Waals surface area (Å²) in [6.07, 6.45) is -0.205. The highest BCUT2D eigenvalue weighted by Crippen LogP contribution is 2.41. The molecule has 3 rings (SSSR count). The maximum Gasteiger partial charge on any atom is 0.311 e. The smallest absolute Gasteiger partial charge is 0.311 e. The van der Waals surface area contributed by atoms with Crippen LogP contribution in [0.15, 0.2) is 47.2 Å². The highest BCUT2D eigenvalue weighted by atomic mass is 79.9. The Bertz CT molecular complexity index is 1060. The van der Waals surface area contributed by atoms with Gasteiger partial charge in [0.15, 0.2) is 11.8 Å². The number of nitrogens with zero attached hydrogens (tertiary/aromatic N) is 1. The number of allylic oxidation sites excluding steroid dienone is 1. The molecule has 1 aromatic carbocycles. The largest absolute Gasteiger partial charge is 0.495 e. The third-order valence-corrected chi connectivity index (χ3v) is 7.66. The third-order valence-electron chi connectivity index (χ3n) is 5.29. The van der Waals surface area contributed by atoms with E-state index in [1.165, 1.54) is 13.4 Å². The Morgan fingerprint density at radius 1 is 1.31 bits per heavy atom. The number of benzene rings is 1. The molecule has 2 aliphatic heterocycles. The number of hydrogen-bond donors (Lipinski definition) is 4. The molecule has 2 aliphatic rings. The molecule has 1 amide bonds. The van der Waals surface area contributed by atoms with Crippen molar-refractivity contribution in [3.05, 3.63) is 47.6 Å². The molecule has 0 unspecified atom stereocenters. The van der Waals surface area contributed by atoms with E-state index in [4.69, 9.17) is 19.0 Å². The molecule has 2 heterocycles. The van der Waals surface area contributed by atoms with Gasteiger partial charge < -0.3 is 39.9 Å². The van der Waals surface area contributed by atoms with Crippen LogP contribution in [0.3, 0.4) is 0 Å². The standard InChI is InChI=1S/C22H25Br4N3O7/c1-27-9-16(30)11-6-12(23)19(13(24)7-11)34-5-3-4-28-21(32)17-20(31)22(36-29-17)8-14(25)18(33-2)15(26)10-35-22/h6-7,10,16,20,27,30-31H,3-5,8-9H2,1-2H3,(H,28,32)/t16-,20-,22-/m0/s1. The molecule has 1 aromatic rings. The van der Waals surface area contributed by atoms with Crippen LogP contribution < -0.4 is 15.4 Å². The van der Waals surface area contributed by atoms with E-state index in [1.807, 2.05) is 0 Å². The molecule has 14 heteroatoms. The summed E-state index contributed by atoms with van der Waals surface area (Å²) in [4.78, 5) is 18.0. The summed E-state index contributed by atoms with van der Waals surface area (Å²) in [7, 11) is 3.26. The first kappa shape index (κ1) is 29.4. The van der Waals surface area contributed by atoms with Gasteiger partial charge in [-0.1, -0.05) is 21.1 Å². The lowest BCUT2D eigenvalue weighted by Gasteiger charge is -2.27. The zero-order valence-corrected chi connectivity index (χ0v) is 25.7. The summed E-state index contributed by atoms with van der Waals surface area (Å²) in [6.45, 7) is 1.01. The number of likely N-dealkylation sites (N-methyl/N-ethyl adjacent to an activating group) is 1. The van der Waals surface area contributed by atoms with Gasteiger partial charge in [0.05, 0.1) is 39.7 Å². The van der Waals surface area contributed by atoms with Crippen molar-refractivity contribution in [1.82, 2.24) is 10.6 Å². The lowest BCUT2D eigenvalue weighted by molar-refractivity contribution is -0.225. The van der Waals surface area contributed by atoms with Crippen LogP contribution in [0.25, 0.3) is 0 Å². The Labute approximate surface area is 242 Å². The summed E-state index contributed by atoms with van der Waals surface area (Å²) >= 11 is 13.7. The lowest BCUT2D eigenvalue weighted by Crippen LogP contribution is -2.49. The summed E-state index contributed by atoms with van der Waals surface area (Å²) in [6, 6.07) is 3.59. The molecular weight excluding hydrogens is 738 g/mol. The minimum absolute atomic E-state index is 0.0611. The average molecular weight is 763 g/mol. The number of nitrogens with one attached hydrogen (secondary N) is 2. The number of aliphatic hydroxyl groups is 2. The van der Waals surface area contributed by atoms with E-state index in [0.29, 0.717) is 49.0 Å². The Kier molecular flexibility index (Phi) is 10.7. The molecule has 0 radical (unpaired) electrons. The molecule has 198 valence electrons. The molecule has 3 atom stereocenters. The Balaban J connectivity index is 1.50. The van der Waals surface area contributed by atoms with E-state index in [-0.39, 0.29) is 18.7 Å². The molecule has 0 saturated carbocycles. The van der Waals surface area contributed by atoms with Crippen molar-refractivity contribution in [2.75, 3.05) is 33.9 Å². The van der Waals surface area contributed by atoms with Crippen LogP contribution in [0, 0.1) is 0 Å². The molecule has 0 aliphatic carbocycles. The average Bonchev–Trinajstić information content (AvgIpc) is 3.08. The number of hydrogen-bond acceptors (Lipinski definition) is 9. The molecule has 0 saturated heterocycles. The van der Waals surface area contributed by atoms with E-state index >= 15 is 0 Å². The summed E-state index contributed by atoms with van der Waals surface area (Å²) < 4.78 is 19.2. The number of amides is 1. The zero-order chi connectivity index (χ0) is 26.5. The predicted octanol–water partition coefficient (Wildman–Crippen LogP) is 3.70. The minimum Gasteiger partial charge on any atom is -0.495 e. The van der Waals surface area contributed by atoms with E-state index in [9.17, 15) is 15.0 Å². The second kappa shape index (κ2) is 13.1. The lowest BCUT2D eigenvalue weighted by atomic mass is 10.0. The fourth-order valence-corrected chi connectivity index (χ4v) is 6.43. The maximum absolute atomic E-state index is 12.6. The van der Waals surface area contributed by atoms with Gasteiger partial charge in [-0.2, -0.15) is 0 Å². The first-order valence-electron chi connectivity index (χ1n) is 10.8. The van der Waals surface area contributed by atoms with Crippen LogP contribution in [0.4, 0.5) is 0 Å². The van der Waals surface area contributed by atoms with Crippen LogP contribution in [-0.4, -0.2) is 67.6 Å². The third kappa shape index (κ3) is 6.63. The second-order valence-corrected chi connectivity index (χ2v) is 11.3. The first-order valence-corrected chi connectivity index (χ1v) is 13.9. The van der Waals surface area contributed by atoms with Crippen LogP contribution in [0.1, 0.15) is 24.5 Å². The van der Waals surface area contributed by atoms with Crippen molar-refractivity contribution in [2.24, 2.45) is 5.16 Å². The highest BCUT2D eigenvalue weighted by Gasteiger charge is 2.54. The fourth-order valence-electron chi connectivity index (χ4n) is 3.46. The molecule has 10 nitrogen and oxygen atoms in total. The van der Waals surface area contributed by atoms with E-state index in [1.54, 1.807) is 19.2 Å². The van der Waals surface area contributed by atoms with Crippen LogP contribution in [-0.2, 0) is 19.1 Å². The Morgan fingerprint density at radius 2 is 2.00 bits per heavy atom. The summed E-state index contributed by atoms with van der Waals surface area (Å²) in [5.74, 6) is -1.11. The van der Waals surface area contributed by atoms with Crippen LogP contribution in [0.5, 0.6) is 5.75 Å². The molecule has 0 fully saturated rings. The topological polar surface area (TPSA) is 131 Å².